The van der Waals surface area contributed by atoms with Crippen LogP contribution in [0, 0.1) is 11.6 Å². The second kappa shape index (κ2) is 11.6. The predicted molar refractivity (Wildman–Crippen MR) is 129 cm³/mol. The van der Waals surface area contributed by atoms with E-state index < -0.39 is 35.4 Å². The van der Waals surface area contributed by atoms with Crippen molar-refractivity contribution in [3.63, 3.8) is 0 Å². The van der Waals surface area contributed by atoms with Crippen molar-refractivity contribution in [3.05, 3.63) is 106 Å². The van der Waals surface area contributed by atoms with Crippen molar-refractivity contribution in [2.24, 2.45) is 0 Å². The second-order valence-electron chi connectivity index (χ2n) is 8.76. The van der Waals surface area contributed by atoms with Crippen LogP contribution in [0.15, 0.2) is 66.7 Å². The lowest BCUT2D eigenvalue weighted by atomic mass is 10.1. The zero-order valence-electron chi connectivity index (χ0n) is 19.6. The smallest absolute Gasteiger partial charge is 0.368 e. The number of hydrogen-bond donors (Lipinski definition) is 0. The number of amides is 1. The highest BCUT2D eigenvalue weighted by Gasteiger charge is 2.30. The molecule has 3 aromatic carbocycles. The highest BCUT2D eigenvalue weighted by atomic mass is 35.5. The fraction of sp³-hybridized carbons (Fsp3) is 0.296. The zero-order valence-corrected chi connectivity index (χ0v) is 20.4. The minimum atomic E-state index is -4.41. The maximum Gasteiger partial charge on any atom is 0.416 e. The van der Waals surface area contributed by atoms with Gasteiger partial charge in [0.2, 0.25) is 0 Å². The van der Waals surface area contributed by atoms with Crippen LogP contribution in [-0.4, -0.2) is 48.4 Å². The second-order valence-corrected chi connectivity index (χ2v) is 9.20. The standard InChI is InChI=1S/C27H24ClF5N2O2/c28-21-7-3-19(4-8-21)25(37-17-18-1-5-20(6-2-18)27(31,32)33)16-34-11-13-35(14-12-34)26(36)23-15-22(29)9-10-24(23)30/h1-10,15,25H,11-14,16-17H2/t25-/m0/s1. The molecule has 1 atom stereocenters. The summed E-state index contributed by atoms with van der Waals surface area (Å²) in [6.07, 6.45) is -4.82. The molecule has 1 fully saturated rings. The van der Waals surface area contributed by atoms with Crippen LogP contribution in [0.5, 0.6) is 0 Å². The summed E-state index contributed by atoms with van der Waals surface area (Å²) in [7, 11) is 0. The van der Waals surface area contributed by atoms with E-state index in [-0.39, 0.29) is 12.2 Å². The molecule has 4 nitrogen and oxygen atoms in total. The molecular formula is C27H24ClF5N2O2. The molecule has 0 aliphatic carbocycles. The van der Waals surface area contributed by atoms with Gasteiger partial charge in [-0.2, -0.15) is 13.2 Å². The van der Waals surface area contributed by atoms with Gasteiger partial charge < -0.3 is 9.64 Å². The Morgan fingerprint density at radius 2 is 1.57 bits per heavy atom. The molecule has 1 heterocycles. The van der Waals surface area contributed by atoms with Crippen LogP contribution in [0.4, 0.5) is 22.0 Å². The van der Waals surface area contributed by atoms with E-state index in [1.807, 2.05) is 12.1 Å². The third kappa shape index (κ3) is 7.06. The molecule has 1 saturated heterocycles. The first kappa shape index (κ1) is 27.0. The maximum absolute atomic E-state index is 14.0. The summed E-state index contributed by atoms with van der Waals surface area (Å²) in [5.74, 6) is -2.02. The quantitative estimate of drug-likeness (QED) is 0.329. The van der Waals surface area contributed by atoms with E-state index in [2.05, 4.69) is 4.90 Å². The molecule has 0 aromatic heterocycles. The van der Waals surface area contributed by atoms with Crippen LogP contribution in [0.3, 0.4) is 0 Å². The van der Waals surface area contributed by atoms with E-state index in [0.717, 1.165) is 35.9 Å². The lowest BCUT2D eigenvalue weighted by Gasteiger charge is -2.36. The number of carbonyl (C=O) groups is 1. The van der Waals surface area contributed by atoms with Crippen LogP contribution in [0.2, 0.25) is 5.02 Å². The molecule has 0 spiro atoms. The molecule has 0 saturated carbocycles. The van der Waals surface area contributed by atoms with Gasteiger partial charge in [0.25, 0.3) is 5.91 Å². The molecular weight excluding hydrogens is 515 g/mol. The third-order valence-electron chi connectivity index (χ3n) is 6.22. The van der Waals surface area contributed by atoms with Crippen molar-refractivity contribution >= 4 is 17.5 Å². The number of hydrogen-bond acceptors (Lipinski definition) is 3. The lowest BCUT2D eigenvalue weighted by Crippen LogP contribution is -2.49. The highest BCUT2D eigenvalue weighted by molar-refractivity contribution is 6.30. The Morgan fingerprint density at radius 3 is 2.19 bits per heavy atom. The first-order valence-electron chi connectivity index (χ1n) is 11.6. The minimum absolute atomic E-state index is 0.0999. The number of piperazine rings is 1. The van der Waals surface area contributed by atoms with E-state index in [0.29, 0.717) is 43.3 Å². The number of nitrogens with zero attached hydrogens (tertiary/aromatic N) is 2. The average molecular weight is 539 g/mol. The van der Waals surface area contributed by atoms with Gasteiger partial charge in [-0.3, -0.25) is 9.69 Å². The minimum Gasteiger partial charge on any atom is -0.368 e. The fourth-order valence-corrected chi connectivity index (χ4v) is 4.24. The van der Waals surface area contributed by atoms with Crippen LogP contribution < -0.4 is 0 Å². The van der Waals surface area contributed by atoms with Crippen molar-refractivity contribution in [1.29, 1.82) is 0 Å². The zero-order chi connectivity index (χ0) is 26.6. The summed E-state index contributed by atoms with van der Waals surface area (Å²) in [5, 5.41) is 0.557. The molecule has 1 aliphatic heterocycles. The Kier molecular flexibility index (Phi) is 8.46. The molecule has 4 rings (SSSR count). The van der Waals surface area contributed by atoms with E-state index in [9.17, 15) is 26.7 Å². The van der Waals surface area contributed by atoms with E-state index >= 15 is 0 Å². The number of halogens is 6. The summed E-state index contributed by atoms with van der Waals surface area (Å²) < 4.78 is 72.2. The molecule has 196 valence electrons. The maximum atomic E-state index is 14.0. The molecule has 0 radical (unpaired) electrons. The Bertz CT molecular complexity index is 1210. The van der Waals surface area contributed by atoms with Gasteiger partial charge in [-0.15, -0.1) is 0 Å². The van der Waals surface area contributed by atoms with Crippen molar-refractivity contribution in [3.8, 4) is 0 Å². The van der Waals surface area contributed by atoms with E-state index in [1.165, 1.54) is 17.0 Å². The summed E-state index contributed by atoms with van der Waals surface area (Å²) >= 11 is 6.02. The fourth-order valence-electron chi connectivity index (χ4n) is 4.12. The van der Waals surface area contributed by atoms with E-state index in [4.69, 9.17) is 16.3 Å². The number of alkyl halides is 3. The Labute approximate surface area is 216 Å². The summed E-state index contributed by atoms with van der Waals surface area (Å²) in [6.45, 7) is 2.16. The SMILES string of the molecule is O=C(c1cc(F)ccc1F)N1CCN(C[C@H](OCc2ccc(C(F)(F)F)cc2)c2ccc(Cl)cc2)CC1. The predicted octanol–water partition coefficient (Wildman–Crippen LogP) is 6.35. The number of benzene rings is 3. The van der Waals surface area contributed by atoms with Gasteiger partial charge >= 0.3 is 6.18 Å². The van der Waals surface area contributed by atoms with Crippen molar-refractivity contribution in [2.45, 2.75) is 18.9 Å². The van der Waals surface area contributed by atoms with Gasteiger partial charge in [-0.25, -0.2) is 8.78 Å². The Morgan fingerprint density at radius 1 is 0.919 bits per heavy atom. The highest BCUT2D eigenvalue weighted by Crippen LogP contribution is 2.30. The lowest BCUT2D eigenvalue weighted by molar-refractivity contribution is -0.137. The molecule has 37 heavy (non-hydrogen) atoms. The molecule has 0 bridgehead atoms. The van der Waals surface area contributed by atoms with Gasteiger partial charge in [-0.1, -0.05) is 35.9 Å². The molecule has 1 amide bonds. The number of rotatable bonds is 7. The van der Waals surface area contributed by atoms with Gasteiger partial charge in [0, 0.05) is 37.7 Å². The number of carbonyl (C=O) groups excluding carboxylic acids is 1. The van der Waals surface area contributed by atoms with Gasteiger partial charge in [0.05, 0.1) is 23.8 Å². The molecule has 1 aliphatic rings. The van der Waals surface area contributed by atoms with Crippen LogP contribution in [-0.2, 0) is 17.5 Å². The molecule has 10 heteroatoms. The topological polar surface area (TPSA) is 32.8 Å². The average Bonchev–Trinajstić information content (AvgIpc) is 2.88. The Balaban J connectivity index is 1.40. The van der Waals surface area contributed by atoms with Crippen LogP contribution in [0.25, 0.3) is 0 Å². The largest absolute Gasteiger partial charge is 0.416 e. The monoisotopic (exact) mass is 538 g/mol. The summed E-state index contributed by atoms with van der Waals surface area (Å²) in [6, 6.07) is 14.7. The molecule has 3 aromatic rings. The molecule has 0 N–H and O–H groups in total. The van der Waals surface area contributed by atoms with Crippen molar-refractivity contribution in [1.82, 2.24) is 9.80 Å². The van der Waals surface area contributed by atoms with Gasteiger partial charge in [-0.05, 0) is 53.6 Å². The van der Waals surface area contributed by atoms with Crippen LogP contribution in [0.1, 0.15) is 33.2 Å². The first-order valence-corrected chi connectivity index (χ1v) is 12.0. The van der Waals surface area contributed by atoms with Crippen molar-refractivity contribution in [2.75, 3.05) is 32.7 Å². The van der Waals surface area contributed by atoms with Gasteiger partial charge in [0.1, 0.15) is 11.6 Å². The van der Waals surface area contributed by atoms with Gasteiger partial charge in [0.15, 0.2) is 0 Å². The normalized spacial score (nSPS) is 15.6. The third-order valence-corrected chi connectivity index (χ3v) is 6.47. The summed E-state index contributed by atoms with van der Waals surface area (Å²) in [5.41, 5.74) is 0.416. The van der Waals surface area contributed by atoms with Crippen LogP contribution >= 0.6 is 11.6 Å². The van der Waals surface area contributed by atoms with Crippen molar-refractivity contribution < 1.29 is 31.5 Å². The first-order chi connectivity index (χ1) is 17.6. The van der Waals surface area contributed by atoms with E-state index in [1.54, 1.807) is 12.1 Å². The summed E-state index contributed by atoms with van der Waals surface area (Å²) in [4.78, 5) is 16.3. The Hall–Kier alpha value is -3.01. The molecule has 0 unspecified atom stereocenters. The number of ether oxygens (including phenoxy) is 1.